The third-order valence-electron chi connectivity index (χ3n) is 2.30. The van der Waals surface area contributed by atoms with E-state index in [0.29, 0.717) is 5.02 Å². The number of fused-ring (bicyclic) bond motifs is 1. The SMILES string of the molecule is Cc1cc(Cl)c2oc([Si](C)(C)C)cc2n1. The average Bonchev–Trinajstić information content (AvgIpc) is 2.46. The standard InChI is InChI=1S/C11H14ClNOSi/c1-7-5-8(12)11-9(13-7)6-10(14-11)15(2,3)4/h5-6H,1-4H3. The molecule has 2 rings (SSSR count). The summed E-state index contributed by atoms with van der Waals surface area (Å²) in [6.45, 7) is 8.66. The molecule has 80 valence electrons. The molecule has 2 heterocycles. The van der Waals surface area contributed by atoms with Gasteiger partial charge >= 0.3 is 0 Å². The Morgan fingerprint density at radius 3 is 2.53 bits per heavy atom. The van der Waals surface area contributed by atoms with Crippen LogP contribution in [0.25, 0.3) is 11.1 Å². The van der Waals surface area contributed by atoms with Crippen molar-refractivity contribution >= 4 is 36.2 Å². The van der Waals surface area contributed by atoms with Gasteiger partial charge in [0.05, 0.1) is 10.4 Å². The zero-order valence-electron chi connectivity index (χ0n) is 9.39. The van der Waals surface area contributed by atoms with Crippen molar-refractivity contribution in [1.82, 2.24) is 4.98 Å². The van der Waals surface area contributed by atoms with E-state index in [4.69, 9.17) is 16.0 Å². The van der Waals surface area contributed by atoms with Crippen molar-refractivity contribution in [3.63, 3.8) is 0 Å². The van der Waals surface area contributed by atoms with E-state index in [1.165, 1.54) is 0 Å². The fourth-order valence-corrected chi connectivity index (χ4v) is 2.75. The molecule has 0 aliphatic carbocycles. The Kier molecular flexibility index (Phi) is 2.39. The van der Waals surface area contributed by atoms with E-state index in [0.717, 1.165) is 22.2 Å². The molecule has 2 aromatic heterocycles. The van der Waals surface area contributed by atoms with Crippen molar-refractivity contribution in [3.8, 4) is 0 Å². The van der Waals surface area contributed by atoms with Gasteiger partial charge in [0.25, 0.3) is 0 Å². The molecule has 15 heavy (non-hydrogen) atoms. The average molecular weight is 240 g/mol. The minimum atomic E-state index is -1.42. The summed E-state index contributed by atoms with van der Waals surface area (Å²) in [4.78, 5) is 4.41. The van der Waals surface area contributed by atoms with Crippen LogP contribution in [-0.4, -0.2) is 13.1 Å². The molecule has 0 saturated heterocycles. The molecular weight excluding hydrogens is 226 g/mol. The number of rotatable bonds is 1. The summed E-state index contributed by atoms with van der Waals surface area (Å²) in [6, 6.07) is 3.86. The topological polar surface area (TPSA) is 26.0 Å². The molecule has 0 fully saturated rings. The third-order valence-corrected chi connectivity index (χ3v) is 4.31. The fraction of sp³-hybridized carbons (Fsp3) is 0.364. The van der Waals surface area contributed by atoms with Gasteiger partial charge in [0, 0.05) is 11.8 Å². The van der Waals surface area contributed by atoms with Crippen LogP contribution in [0.4, 0.5) is 0 Å². The molecule has 0 aliphatic heterocycles. The van der Waals surface area contributed by atoms with Crippen LogP contribution in [0.15, 0.2) is 16.5 Å². The van der Waals surface area contributed by atoms with Crippen molar-refractivity contribution in [1.29, 1.82) is 0 Å². The lowest BCUT2D eigenvalue weighted by molar-refractivity contribution is 0.647. The van der Waals surface area contributed by atoms with E-state index in [9.17, 15) is 0 Å². The minimum absolute atomic E-state index is 0.655. The summed E-state index contributed by atoms with van der Waals surface area (Å²) >= 11 is 6.11. The minimum Gasteiger partial charge on any atom is -0.463 e. The molecule has 0 amide bonds. The van der Waals surface area contributed by atoms with Gasteiger partial charge in [-0.15, -0.1) is 0 Å². The highest BCUT2D eigenvalue weighted by Crippen LogP contribution is 2.24. The molecule has 0 aromatic carbocycles. The molecule has 0 N–H and O–H groups in total. The predicted molar refractivity (Wildman–Crippen MR) is 66.7 cm³/mol. The van der Waals surface area contributed by atoms with Gasteiger partial charge in [0.1, 0.15) is 13.6 Å². The molecule has 2 nitrogen and oxygen atoms in total. The Labute approximate surface area is 95.3 Å². The molecule has 0 unspecified atom stereocenters. The van der Waals surface area contributed by atoms with Gasteiger partial charge in [0.15, 0.2) is 5.58 Å². The van der Waals surface area contributed by atoms with Crippen LogP contribution in [0, 0.1) is 6.92 Å². The summed E-state index contributed by atoms with van der Waals surface area (Å²) in [5, 5.41) is 1.71. The lowest BCUT2D eigenvalue weighted by Gasteiger charge is -2.10. The Morgan fingerprint density at radius 2 is 1.93 bits per heavy atom. The molecule has 0 spiro atoms. The van der Waals surface area contributed by atoms with E-state index < -0.39 is 8.07 Å². The second-order valence-electron chi connectivity index (χ2n) is 4.82. The van der Waals surface area contributed by atoms with Gasteiger partial charge in [-0.05, 0) is 13.0 Å². The van der Waals surface area contributed by atoms with Gasteiger partial charge in [-0.3, -0.25) is 0 Å². The number of aromatic nitrogens is 1. The Balaban J connectivity index is 2.71. The quantitative estimate of drug-likeness (QED) is 0.714. The van der Waals surface area contributed by atoms with Crippen LogP contribution in [-0.2, 0) is 0 Å². The predicted octanol–water partition coefficient (Wildman–Crippen LogP) is 3.33. The van der Waals surface area contributed by atoms with Gasteiger partial charge in [-0.25, -0.2) is 4.98 Å². The molecule has 0 saturated carbocycles. The zero-order chi connectivity index (χ0) is 11.2. The maximum absolute atomic E-state index is 6.11. The van der Waals surface area contributed by atoms with Gasteiger partial charge in [-0.1, -0.05) is 31.2 Å². The monoisotopic (exact) mass is 239 g/mol. The summed E-state index contributed by atoms with van der Waals surface area (Å²) in [5.74, 6) is 0. The molecule has 0 radical (unpaired) electrons. The summed E-state index contributed by atoms with van der Waals surface area (Å²) in [5.41, 5.74) is 2.52. The van der Waals surface area contributed by atoms with Crippen molar-refractivity contribution in [2.75, 3.05) is 0 Å². The lowest BCUT2D eigenvalue weighted by Crippen LogP contribution is -2.36. The van der Waals surface area contributed by atoms with Crippen molar-refractivity contribution in [3.05, 3.63) is 22.8 Å². The van der Waals surface area contributed by atoms with Crippen LogP contribution in [0.3, 0.4) is 0 Å². The molecule has 4 heteroatoms. The highest BCUT2D eigenvalue weighted by Gasteiger charge is 2.22. The van der Waals surface area contributed by atoms with Crippen LogP contribution in [0.1, 0.15) is 5.69 Å². The van der Waals surface area contributed by atoms with Crippen molar-refractivity contribution in [2.24, 2.45) is 0 Å². The second-order valence-corrected chi connectivity index (χ2v) is 10.2. The molecule has 0 aliphatic rings. The first-order chi connectivity index (χ1) is 6.88. The Bertz CT molecular complexity index is 513. The van der Waals surface area contributed by atoms with Gasteiger partial charge < -0.3 is 4.42 Å². The van der Waals surface area contributed by atoms with Crippen LogP contribution >= 0.6 is 11.6 Å². The second kappa shape index (κ2) is 3.35. The maximum atomic E-state index is 6.11. The number of aryl methyl sites for hydroxylation is 1. The zero-order valence-corrected chi connectivity index (χ0v) is 11.1. The fourth-order valence-electron chi connectivity index (χ4n) is 1.48. The lowest BCUT2D eigenvalue weighted by atomic mass is 10.3. The van der Waals surface area contributed by atoms with E-state index in [1.807, 2.05) is 19.1 Å². The largest absolute Gasteiger partial charge is 0.463 e. The number of halogens is 1. The number of nitrogens with zero attached hydrogens (tertiary/aromatic N) is 1. The van der Waals surface area contributed by atoms with E-state index in [2.05, 4.69) is 24.6 Å². The molecular formula is C11H14ClNOSi. The highest BCUT2D eigenvalue weighted by atomic mass is 35.5. The number of pyridine rings is 1. The number of hydrogen-bond acceptors (Lipinski definition) is 2. The molecule has 0 atom stereocenters. The van der Waals surface area contributed by atoms with Gasteiger partial charge in [-0.2, -0.15) is 0 Å². The summed E-state index contributed by atoms with van der Waals surface area (Å²) in [6.07, 6.45) is 0. The van der Waals surface area contributed by atoms with E-state index >= 15 is 0 Å². The third kappa shape index (κ3) is 1.94. The Morgan fingerprint density at radius 1 is 1.27 bits per heavy atom. The van der Waals surface area contributed by atoms with E-state index in [1.54, 1.807) is 0 Å². The van der Waals surface area contributed by atoms with Crippen molar-refractivity contribution in [2.45, 2.75) is 26.6 Å². The molecule has 0 bridgehead atoms. The first-order valence-electron chi connectivity index (χ1n) is 4.95. The molecule has 2 aromatic rings. The first-order valence-corrected chi connectivity index (χ1v) is 8.83. The van der Waals surface area contributed by atoms with Crippen LogP contribution in [0.2, 0.25) is 24.7 Å². The Hall–Kier alpha value is -0.803. The number of furan rings is 1. The first kappa shape index (κ1) is 10.7. The van der Waals surface area contributed by atoms with Crippen LogP contribution in [0.5, 0.6) is 0 Å². The smallest absolute Gasteiger partial charge is 0.170 e. The highest BCUT2D eigenvalue weighted by molar-refractivity contribution is 6.87. The van der Waals surface area contributed by atoms with Crippen LogP contribution < -0.4 is 5.38 Å². The van der Waals surface area contributed by atoms with Crippen molar-refractivity contribution < 1.29 is 4.42 Å². The normalized spacial score (nSPS) is 12.3. The van der Waals surface area contributed by atoms with E-state index in [-0.39, 0.29) is 0 Å². The summed E-state index contributed by atoms with van der Waals surface area (Å²) < 4.78 is 5.79. The maximum Gasteiger partial charge on any atom is 0.170 e. The summed E-state index contributed by atoms with van der Waals surface area (Å²) in [7, 11) is -1.42. The van der Waals surface area contributed by atoms with Gasteiger partial charge in [0.2, 0.25) is 0 Å². The number of hydrogen-bond donors (Lipinski definition) is 0.